The SMILES string of the molecule is C=CC(C)NC(=S)N1CCN(C(=S)NC(C)C=C)CC1. The van der Waals surface area contributed by atoms with E-state index < -0.39 is 0 Å². The summed E-state index contributed by atoms with van der Waals surface area (Å²) in [6, 6.07) is 0.383. The van der Waals surface area contributed by atoms with Crippen LogP contribution in [-0.4, -0.2) is 58.3 Å². The molecule has 0 bridgehead atoms. The van der Waals surface area contributed by atoms with E-state index in [0.717, 1.165) is 36.4 Å². The Bertz CT molecular complexity index is 339. The predicted molar refractivity (Wildman–Crippen MR) is 93.9 cm³/mol. The van der Waals surface area contributed by atoms with Crippen LogP contribution < -0.4 is 10.6 Å². The van der Waals surface area contributed by atoms with Gasteiger partial charge in [0.15, 0.2) is 10.2 Å². The van der Waals surface area contributed by atoms with Crippen LogP contribution in [0.25, 0.3) is 0 Å². The van der Waals surface area contributed by atoms with Gasteiger partial charge in [-0.15, -0.1) is 13.2 Å². The van der Waals surface area contributed by atoms with E-state index in [0.29, 0.717) is 0 Å². The lowest BCUT2D eigenvalue weighted by atomic mass is 10.3. The van der Waals surface area contributed by atoms with E-state index >= 15 is 0 Å². The summed E-state index contributed by atoms with van der Waals surface area (Å²) in [7, 11) is 0. The molecule has 0 amide bonds. The lowest BCUT2D eigenvalue weighted by Gasteiger charge is -2.38. The van der Waals surface area contributed by atoms with Crippen LogP contribution in [0.2, 0.25) is 0 Å². The van der Waals surface area contributed by atoms with Gasteiger partial charge in [-0.25, -0.2) is 0 Å². The molecule has 0 aromatic rings. The van der Waals surface area contributed by atoms with Gasteiger partial charge in [0.1, 0.15) is 0 Å². The molecule has 0 aromatic carbocycles. The highest BCUT2D eigenvalue weighted by Crippen LogP contribution is 2.04. The first kappa shape index (κ1) is 16.9. The van der Waals surface area contributed by atoms with Crippen molar-refractivity contribution in [2.45, 2.75) is 25.9 Å². The number of rotatable bonds is 4. The van der Waals surface area contributed by atoms with Crippen molar-refractivity contribution in [3.8, 4) is 0 Å². The first-order valence-electron chi connectivity index (χ1n) is 6.84. The maximum atomic E-state index is 5.40. The van der Waals surface area contributed by atoms with E-state index in [-0.39, 0.29) is 12.1 Å². The summed E-state index contributed by atoms with van der Waals surface area (Å²) >= 11 is 10.8. The number of nitrogens with zero attached hydrogens (tertiary/aromatic N) is 2. The summed E-state index contributed by atoms with van der Waals surface area (Å²) in [5.41, 5.74) is 0. The molecule has 4 nitrogen and oxygen atoms in total. The number of hydrogen-bond donors (Lipinski definition) is 2. The second-order valence-electron chi connectivity index (χ2n) is 4.92. The van der Waals surface area contributed by atoms with Crippen LogP contribution in [-0.2, 0) is 0 Å². The van der Waals surface area contributed by atoms with Crippen molar-refractivity contribution >= 4 is 34.7 Å². The molecule has 1 saturated heterocycles. The van der Waals surface area contributed by atoms with Crippen LogP contribution in [0, 0.1) is 0 Å². The first-order chi connectivity index (χ1) is 9.47. The Kier molecular flexibility index (Phi) is 6.95. The van der Waals surface area contributed by atoms with Crippen LogP contribution in [0.15, 0.2) is 25.3 Å². The zero-order valence-electron chi connectivity index (χ0n) is 12.3. The van der Waals surface area contributed by atoms with Crippen molar-refractivity contribution < 1.29 is 0 Å². The quantitative estimate of drug-likeness (QED) is 0.604. The Morgan fingerprint density at radius 3 is 1.45 bits per heavy atom. The fourth-order valence-corrected chi connectivity index (χ4v) is 2.54. The third-order valence-corrected chi connectivity index (χ3v) is 4.02. The van der Waals surface area contributed by atoms with Crippen LogP contribution in [0.1, 0.15) is 13.8 Å². The standard InChI is InChI=1S/C14H24N4S2/c1-5-11(3)15-13(19)17-7-9-18(10-8-17)14(20)16-12(4)6-2/h5-6,11-12H,1-2,7-10H2,3-4H3,(H,15,19)(H,16,20). The van der Waals surface area contributed by atoms with Gasteiger partial charge in [-0.1, -0.05) is 12.2 Å². The van der Waals surface area contributed by atoms with Crippen molar-refractivity contribution in [3.05, 3.63) is 25.3 Å². The highest BCUT2D eigenvalue weighted by atomic mass is 32.1. The molecule has 2 atom stereocenters. The summed E-state index contributed by atoms with van der Waals surface area (Å²) in [6.45, 7) is 15.1. The summed E-state index contributed by atoms with van der Waals surface area (Å²) in [4.78, 5) is 4.34. The second-order valence-corrected chi connectivity index (χ2v) is 5.70. The van der Waals surface area contributed by atoms with Crippen molar-refractivity contribution in [1.29, 1.82) is 0 Å². The second kappa shape index (κ2) is 8.21. The molecule has 1 heterocycles. The normalized spacial score (nSPS) is 17.9. The molecule has 112 valence electrons. The maximum absolute atomic E-state index is 5.40. The largest absolute Gasteiger partial charge is 0.357 e. The van der Waals surface area contributed by atoms with Gasteiger partial charge in [-0.05, 0) is 38.3 Å². The minimum atomic E-state index is 0.191. The molecular formula is C14H24N4S2. The Labute approximate surface area is 132 Å². The molecule has 2 N–H and O–H groups in total. The molecule has 0 radical (unpaired) electrons. The van der Waals surface area contributed by atoms with E-state index in [1.54, 1.807) is 0 Å². The smallest absolute Gasteiger partial charge is 0.169 e. The summed E-state index contributed by atoms with van der Waals surface area (Å²) in [6.07, 6.45) is 3.69. The summed E-state index contributed by atoms with van der Waals surface area (Å²) in [5, 5.41) is 8.06. The Hall–Kier alpha value is -1.14. The van der Waals surface area contributed by atoms with Gasteiger partial charge >= 0.3 is 0 Å². The van der Waals surface area contributed by atoms with Crippen LogP contribution in [0.4, 0.5) is 0 Å². The van der Waals surface area contributed by atoms with Crippen LogP contribution >= 0.6 is 24.4 Å². The van der Waals surface area contributed by atoms with Gasteiger partial charge < -0.3 is 20.4 Å². The van der Waals surface area contributed by atoms with Crippen molar-refractivity contribution in [2.75, 3.05) is 26.2 Å². The van der Waals surface area contributed by atoms with Crippen LogP contribution in [0.5, 0.6) is 0 Å². The number of thiocarbonyl (C=S) groups is 2. The van der Waals surface area contributed by atoms with Gasteiger partial charge in [0, 0.05) is 38.3 Å². The molecule has 6 heteroatoms. The van der Waals surface area contributed by atoms with Crippen molar-refractivity contribution in [3.63, 3.8) is 0 Å². The first-order valence-corrected chi connectivity index (χ1v) is 7.65. The third kappa shape index (κ3) is 5.09. The fraction of sp³-hybridized carbons (Fsp3) is 0.571. The molecule has 1 rings (SSSR count). The van der Waals surface area contributed by atoms with E-state index in [1.165, 1.54) is 0 Å². The maximum Gasteiger partial charge on any atom is 0.169 e. The Morgan fingerprint density at radius 2 is 1.20 bits per heavy atom. The van der Waals surface area contributed by atoms with E-state index in [1.807, 2.05) is 26.0 Å². The molecular weight excluding hydrogens is 288 g/mol. The van der Waals surface area contributed by atoms with Gasteiger partial charge in [0.05, 0.1) is 0 Å². The summed E-state index contributed by atoms with van der Waals surface area (Å²) in [5.74, 6) is 0. The molecule has 1 aliphatic heterocycles. The lowest BCUT2D eigenvalue weighted by Crippen LogP contribution is -2.56. The molecule has 0 spiro atoms. The Balaban J connectivity index is 2.39. The van der Waals surface area contributed by atoms with E-state index in [2.05, 4.69) is 33.6 Å². The minimum absolute atomic E-state index is 0.191. The average molecular weight is 313 g/mol. The number of nitrogens with one attached hydrogen (secondary N) is 2. The van der Waals surface area contributed by atoms with E-state index in [4.69, 9.17) is 24.4 Å². The highest BCUT2D eigenvalue weighted by molar-refractivity contribution is 7.80. The van der Waals surface area contributed by atoms with Gasteiger partial charge in [-0.3, -0.25) is 0 Å². The molecule has 1 fully saturated rings. The lowest BCUT2D eigenvalue weighted by molar-refractivity contribution is 0.253. The summed E-state index contributed by atoms with van der Waals surface area (Å²) < 4.78 is 0. The van der Waals surface area contributed by atoms with Crippen molar-refractivity contribution in [2.24, 2.45) is 0 Å². The molecule has 20 heavy (non-hydrogen) atoms. The zero-order chi connectivity index (χ0) is 15.1. The monoisotopic (exact) mass is 312 g/mol. The van der Waals surface area contributed by atoms with Gasteiger partial charge in [0.25, 0.3) is 0 Å². The number of piperazine rings is 1. The fourth-order valence-electron chi connectivity index (χ4n) is 1.80. The van der Waals surface area contributed by atoms with Gasteiger partial charge in [-0.2, -0.15) is 0 Å². The zero-order valence-corrected chi connectivity index (χ0v) is 13.9. The molecule has 0 saturated carbocycles. The highest BCUT2D eigenvalue weighted by Gasteiger charge is 2.21. The molecule has 2 unspecified atom stereocenters. The van der Waals surface area contributed by atoms with Crippen molar-refractivity contribution in [1.82, 2.24) is 20.4 Å². The average Bonchev–Trinajstić information content (AvgIpc) is 2.46. The van der Waals surface area contributed by atoms with Gasteiger partial charge in [0.2, 0.25) is 0 Å². The Morgan fingerprint density at radius 1 is 0.900 bits per heavy atom. The third-order valence-electron chi connectivity index (χ3n) is 3.26. The van der Waals surface area contributed by atoms with Crippen LogP contribution in [0.3, 0.4) is 0 Å². The molecule has 0 aliphatic carbocycles. The molecule has 0 aromatic heterocycles. The molecule has 1 aliphatic rings. The topological polar surface area (TPSA) is 30.5 Å². The predicted octanol–water partition coefficient (Wildman–Crippen LogP) is 1.50. The minimum Gasteiger partial charge on any atom is -0.357 e. The number of hydrogen-bond acceptors (Lipinski definition) is 2. The van der Waals surface area contributed by atoms with E-state index in [9.17, 15) is 0 Å².